The lowest BCUT2D eigenvalue weighted by atomic mass is 10.1. The summed E-state index contributed by atoms with van der Waals surface area (Å²) >= 11 is 5.92. The summed E-state index contributed by atoms with van der Waals surface area (Å²) in [5.74, 6) is 0. The smallest absolute Gasteiger partial charge is 0.326 e. The van der Waals surface area contributed by atoms with Gasteiger partial charge >= 0.3 is 6.18 Å². The number of fused-ring (bicyclic) bond motifs is 1. The normalized spacial score (nSPS) is 12.7. The van der Waals surface area contributed by atoms with Gasteiger partial charge in [0.2, 0.25) is 0 Å². The highest BCUT2D eigenvalue weighted by Crippen LogP contribution is 2.38. The van der Waals surface area contributed by atoms with Gasteiger partial charge in [-0.3, -0.25) is 0 Å². The number of aromatic nitrogens is 1. The van der Waals surface area contributed by atoms with Crippen molar-refractivity contribution in [2.45, 2.75) is 24.5 Å². The lowest BCUT2D eigenvalue weighted by molar-refractivity contribution is -0.136. The number of aryl methyl sites for hydroxylation is 1. The number of benzene rings is 2. The van der Waals surface area contributed by atoms with Crippen LogP contribution in [-0.4, -0.2) is 12.4 Å². The van der Waals surface area contributed by atoms with Crippen LogP contribution in [0.25, 0.3) is 10.9 Å². The van der Waals surface area contributed by atoms with Crippen molar-refractivity contribution in [3.8, 4) is 0 Å². The highest BCUT2D eigenvalue weighted by molar-refractivity contribution is 7.90. The zero-order valence-electron chi connectivity index (χ0n) is 13.5. The van der Waals surface area contributed by atoms with E-state index in [1.165, 1.54) is 30.3 Å². The van der Waals surface area contributed by atoms with Crippen molar-refractivity contribution in [1.29, 1.82) is 0 Å². The molecule has 26 heavy (non-hydrogen) atoms. The van der Waals surface area contributed by atoms with Gasteiger partial charge in [0.05, 0.1) is 16.0 Å². The van der Waals surface area contributed by atoms with E-state index >= 15 is 0 Å². The van der Waals surface area contributed by atoms with Crippen LogP contribution in [0.1, 0.15) is 16.7 Å². The minimum Gasteiger partial charge on any atom is -0.326 e. The summed E-state index contributed by atoms with van der Waals surface area (Å²) in [5.41, 5.74) is 4.94. The van der Waals surface area contributed by atoms with E-state index in [0.29, 0.717) is 20.1 Å². The first-order valence-electron chi connectivity index (χ1n) is 7.49. The van der Waals surface area contributed by atoms with E-state index in [1.807, 2.05) is 0 Å². The second-order valence-electron chi connectivity index (χ2n) is 5.77. The number of hydrogen-bond donors (Lipinski definition) is 1. The van der Waals surface area contributed by atoms with Gasteiger partial charge in [0.25, 0.3) is 10.0 Å². The van der Waals surface area contributed by atoms with Crippen LogP contribution in [0.15, 0.2) is 47.5 Å². The van der Waals surface area contributed by atoms with Gasteiger partial charge in [-0.25, -0.2) is 12.4 Å². The van der Waals surface area contributed by atoms with Crippen molar-refractivity contribution in [2.24, 2.45) is 5.73 Å². The molecule has 0 fully saturated rings. The average molecular weight is 403 g/mol. The van der Waals surface area contributed by atoms with E-state index in [-0.39, 0.29) is 16.8 Å². The lowest BCUT2D eigenvalue weighted by Gasteiger charge is -2.13. The molecule has 138 valence electrons. The molecule has 0 saturated heterocycles. The molecule has 0 aliphatic rings. The molecule has 9 heteroatoms. The number of nitrogens with zero attached hydrogens (tertiary/aromatic N) is 1. The zero-order valence-corrected chi connectivity index (χ0v) is 15.1. The number of rotatable bonds is 3. The number of nitrogens with two attached hydrogens (primary N) is 1. The maximum absolute atomic E-state index is 13.5. The van der Waals surface area contributed by atoms with Gasteiger partial charge < -0.3 is 5.73 Å². The van der Waals surface area contributed by atoms with Crippen molar-refractivity contribution >= 4 is 32.5 Å². The fourth-order valence-corrected chi connectivity index (χ4v) is 4.40. The molecule has 0 unspecified atom stereocenters. The van der Waals surface area contributed by atoms with Crippen LogP contribution in [0.3, 0.4) is 0 Å². The molecule has 0 bridgehead atoms. The first-order chi connectivity index (χ1) is 12.1. The molecule has 0 amide bonds. The summed E-state index contributed by atoms with van der Waals surface area (Å²) < 4.78 is 67.1. The van der Waals surface area contributed by atoms with Crippen molar-refractivity contribution in [3.05, 3.63) is 64.3 Å². The third kappa shape index (κ3) is 2.98. The molecule has 2 N–H and O–H groups in total. The Balaban J connectivity index is 2.39. The van der Waals surface area contributed by atoms with Crippen LogP contribution < -0.4 is 5.73 Å². The van der Waals surface area contributed by atoms with Gasteiger partial charge in [-0.05, 0) is 42.3 Å². The molecule has 0 saturated carbocycles. The predicted octanol–water partition coefficient (Wildman–Crippen LogP) is 4.32. The van der Waals surface area contributed by atoms with Crippen LogP contribution in [0.2, 0.25) is 5.02 Å². The molecule has 1 heterocycles. The summed E-state index contributed by atoms with van der Waals surface area (Å²) in [5, 5.41) is 0.511. The van der Waals surface area contributed by atoms with Gasteiger partial charge in [-0.15, -0.1) is 0 Å². The van der Waals surface area contributed by atoms with E-state index in [1.54, 1.807) is 6.92 Å². The Morgan fingerprint density at radius 1 is 1.19 bits per heavy atom. The molecule has 0 aliphatic heterocycles. The number of para-hydroxylation sites is 1. The highest BCUT2D eigenvalue weighted by Gasteiger charge is 2.36. The SMILES string of the molecule is Cc1cc(S(=O)(=O)n2cc(CN)c3cccc(C(F)(F)F)c32)ccc1Cl. The van der Waals surface area contributed by atoms with E-state index in [4.69, 9.17) is 17.3 Å². The van der Waals surface area contributed by atoms with Gasteiger partial charge in [-0.2, -0.15) is 13.2 Å². The summed E-state index contributed by atoms with van der Waals surface area (Å²) in [6, 6.07) is 7.47. The van der Waals surface area contributed by atoms with Crippen LogP contribution in [0, 0.1) is 6.92 Å². The first-order valence-corrected chi connectivity index (χ1v) is 9.31. The average Bonchev–Trinajstić information content (AvgIpc) is 2.95. The number of alkyl halides is 3. The Morgan fingerprint density at radius 3 is 2.46 bits per heavy atom. The van der Waals surface area contributed by atoms with Crippen LogP contribution in [-0.2, 0) is 22.7 Å². The molecule has 1 aromatic heterocycles. The van der Waals surface area contributed by atoms with Crippen molar-refractivity contribution in [3.63, 3.8) is 0 Å². The summed E-state index contributed by atoms with van der Waals surface area (Å²) in [4.78, 5) is -0.156. The predicted molar refractivity (Wildman–Crippen MR) is 93.6 cm³/mol. The quantitative estimate of drug-likeness (QED) is 0.709. The number of hydrogen-bond acceptors (Lipinski definition) is 3. The molecule has 4 nitrogen and oxygen atoms in total. The first kappa shape index (κ1) is 18.8. The summed E-state index contributed by atoms with van der Waals surface area (Å²) in [7, 11) is -4.27. The third-order valence-electron chi connectivity index (χ3n) is 4.09. The Labute approximate surface area is 153 Å². The van der Waals surface area contributed by atoms with Gasteiger partial charge in [0.15, 0.2) is 0 Å². The van der Waals surface area contributed by atoms with Gasteiger partial charge in [-0.1, -0.05) is 23.7 Å². The number of halogens is 4. The van der Waals surface area contributed by atoms with E-state index in [0.717, 1.165) is 12.3 Å². The van der Waals surface area contributed by atoms with Crippen molar-refractivity contribution in [1.82, 2.24) is 3.97 Å². The molecule has 0 spiro atoms. The third-order valence-corrected chi connectivity index (χ3v) is 6.17. The van der Waals surface area contributed by atoms with Gasteiger partial charge in [0.1, 0.15) is 0 Å². The van der Waals surface area contributed by atoms with Crippen LogP contribution >= 0.6 is 11.6 Å². The molecule has 0 aliphatic carbocycles. The molecule has 3 rings (SSSR count). The molecular weight excluding hydrogens is 389 g/mol. The Bertz CT molecular complexity index is 1110. The fourth-order valence-electron chi connectivity index (χ4n) is 2.79. The highest BCUT2D eigenvalue weighted by atomic mass is 35.5. The summed E-state index contributed by atoms with van der Waals surface area (Å²) in [6.07, 6.45) is -3.58. The van der Waals surface area contributed by atoms with Crippen LogP contribution in [0.4, 0.5) is 13.2 Å². The molecule has 0 radical (unpaired) electrons. The van der Waals surface area contributed by atoms with Crippen LogP contribution in [0.5, 0.6) is 0 Å². The maximum atomic E-state index is 13.5. The van der Waals surface area contributed by atoms with E-state index < -0.39 is 27.3 Å². The minimum absolute atomic E-state index is 0.0972. The Morgan fingerprint density at radius 2 is 1.88 bits per heavy atom. The summed E-state index contributed by atoms with van der Waals surface area (Å²) in [6.45, 7) is 1.52. The standard InChI is InChI=1S/C17H14ClF3N2O2S/c1-10-7-12(5-6-15(10)18)26(24,25)23-9-11(8-22)13-3-2-4-14(16(13)23)17(19,20)21/h2-7,9H,8,22H2,1H3. The van der Waals surface area contributed by atoms with Crippen molar-refractivity contribution < 1.29 is 21.6 Å². The minimum atomic E-state index is -4.72. The second-order valence-corrected chi connectivity index (χ2v) is 7.99. The zero-order chi connectivity index (χ0) is 19.3. The van der Waals surface area contributed by atoms with Crippen molar-refractivity contribution in [2.75, 3.05) is 0 Å². The maximum Gasteiger partial charge on any atom is 0.418 e. The Kier molecular flexibility index (Phi) is 4.54. The Hall–Kier alpha value is -2.03. The van der Waals surface area contributed by atoms with Gasteiger partial charge in [0, 0.05) is 23.2 Å². The fraction of sp³-hybridized carbons (Fsp3) is 0.176. The molecule has 0 atom stereocenters. The lowest BCUT2D eigenvalue weighted by Crippen LogP contribution is -2.15. The molecule has 3 aromatic rings. The van der Waals surface area contributed by atoms with E-state index in [2.05, 4.69) is 0 Å². The van der Waals surface area contributed by atoms with E-state index in [9.17, 15) is 21.6 Å². The largest absolute Gasteiger partial charge is 0.418 e. The monoisotopic (exact) mass is 402 g/mol. The molecule has 2 aromatic carbocycles. The molecular formula is C17H14ClF3N2O2S. The second kappa shape index (κ2) is 6.29. The topological polar surface area (TPSA) is 65.1 Å².